The largest absolute Gasteiger partial charge is 0.320 e. The molecule has 0 aliphatic heterocycles. The van der Waals surface area contributed by atoms with Crippen LogP contribution in [0.2, 0.25) is 5.02 Å². The number of nitrogens with one attached hydrogen (secondary N) is 1. The molecule has 2 heterocycles. The van der Waals surface area contributed by atoms with Crippen LogP contribution in [0.25, 0.3) is 5.65 Å². The lowest BCUT2D eigenvalue weighted by molar-refractivity contribution is 0.102. The molecular weight excluding hydrogens is 334 g/mol. The van der Waals surface area contributed by atoms with E-state index in [1.807, 2.05) is 19.9 Å². The third kappa shape index (κ3) is 3.40. The third-order valence-corrected chi connectivity index (χ3v) is 4.50. The molecule has 1 amide bonds. The van der Waals surface area contributed by atoms with Crippen LogP contribution in [-0.4, -0.2) is 15.3 Å². The molecule has 0 radical (unpaired) electrons. The average molecular weight is 356 g/mol. The van der Waals surface area contributed by atoms with Gasteiger partial charge in [-0.15, -0.1) is 0 Å². The number of aromatic nitrogens is 2. The van der Waals surface area contributed by atoms with E-state index in [4.69, 9.17) is 11.6 Å². The van der Waals surface area contributed by atoms with Crippen molar-refractivity contribution < 1.29 is 4.79 Å². The quantitative estimate of drug-likeness (QED) is 0.706. The number of halogens is 1. The van der Waals surface area contributed by atoms with E-state index in [0.717, 1.165) is 41.0 Å². The molecule has 0 bridgehead atoms. The Balaban J connectivity index is 2.07. The molecule has 2 aromatic heterocycles. The predicted octanol–water partition coefficient (Wildman–Crippen LogP) is 5.12. The molecular formula is C20H22ClN3O. The van der Waals surface area contributed by atoms with Crippen molar-refractivity contribution in [1.82, 2.24) is 9.38 Å². The van der Waals surface area contributed by atoms with E-state index in [1.165, 1.54) is 5.56 Å². The van der Waals surface area contributed by atoms with E-state index >= 15 is 0 Å². The highest BCUT2D eigenvalue weighted by Gasteiger charge is 2.20. The van der Waals surface area contributed by atoms with Crippen molar-refractivity contribution in [3.8, 4) is 0 Å². The molecule has 0 aliphatic rings. The molecule has 5 heteroatoms. The van der Waals surface area contributed by atoms with Gasteiger partial charge in [-0.2, -0.15) is 0 Å². The molecule has 130 valence electrons. The smallest absolute Gasteiger partial charge is 0.274 e. The summed E-state index contributed by atoms with van der Waals surface area (Å²) < 4.78 is 1.78. The van der Waals surface area contributed by atoms with Gasteiger partial charge in [-0.3, -0.25) is 9.20 Å². The summed E-state index contributed by atoms with van der Waals surface area (Å²) in [6.07, 6.45) is 3.40. The highest BCUT2D eigenvalue weighted by atomic mass is 35.5. The molecule has 0 unspecified atom stereocenters. The number of pyridine rings is 1. The van der Waals surface area contributed by atoms with Crippen molar-refractivity contribution in [2.75, 3.05) is 5.32 Å². The molecule has 0 fully saturated rings. The Morgan fingerprint density at radius 1 is 1.20 bits per heavy atom. The first-order valence-electron chi connectivity index (χ1n) is 8.46. The molecule has 0 spiro atoms. The molecule has 0 saturated heterocycles. The first-order chi connectivity index (χ1) is 11.9. The van der Waals surface area contributed by atoms with E-state index in [2.05, 4.69) is 36.3 Å². The first kappa shape index (κ1) is 17.5. The maximum absolute atomic E-state index is 13.1. The average Bonchev–Trinajstić information content (AvgIpc) is 2.88. The van der Waals surface area contributed by atoms with Crippen LogP contribution in [0.4, 0.5) is 5.69 Å². The topological polar surface area (TPSA) is 46.4 Å². The minimum Gasteiger partial charge on any atom is -0.320 e. The lowest BCUT2D eigenvalue weighted by Crippen LogP contribution is -2.18. The Kier molecular flexibility index (Phi) is 4.82. The molecule has 1 aromatic carbocycles. The number of benzene rings is 1. The van der Waals surface area contributed by atoms with Crippen LogP contribution in [0.3, 0.4) is 0 Å². The molecule has 0 saturated carbocycles. The third-order valence-electron chi connectivity index (χ3n) is 4.27. The van der Waals surface area contributed by atoms with E-state index < -0.39 is 0 Å². The van der Waals surface area contributed by atoms with Crippen molar-refractivity contribution >= 4 is 28.8 Å². The van der Waals surface area contributed by atoms with Gasteiger partial charge in [-0.1, -0.05) is 42.6 Å². The van der Waals surface area contributed by atoms with Gasteiger partial charge in [0.2, 0.25) is 0 Å². The number of hydrogen-bond donors (Lipinski definition) is 1. The van der Waals surface area contributed by atoms with Crippen molar-refractivity contribution in [3.63, 3.8) is 0 Å². The van der Waals surface area contributed by atoms with Crippen LogP contribution in [0.15, 0.2) is 30.5 Å². The summed E-state index contributed by atoms with van der Waals surface area (Å²) in [4.78, 5) is 17.7. The van der Waals surface area contributed by atoms with Crippen molar-refractivity contribution in [3.05, 3.63) is 63.6 Å². The number of imidazole rings is 1. The standard InChI is InChI=1S/C20H22ClN3O/c1-5-6-16-19(24-11-15(21)7-8-17(24)22-16)20(25)23-18-13(3)9-12(2)10-14(18)4/h7-11H,5-6H2,1-4H3,(H,23,25). The Labute approximate surface area is 152 Å². The lowest BCUT2D eigenvalue weighted by Gasteiger charge is -2.13. The van der Waals surface area contributed by atoms with Gasteiger partial charge < -0.3 is 5.32 Å². The SMILES string of the molecule is CCCc1nc2ccc(Cl)cn2c1C(=O)Nc1c(C)cc(C)cc1C. The zero-order chi connectivity index (χ0) is 18.1. The second-order valence-corrected chi connectivity index (χ2v) is 6.90. The van der Waals surface area contributed by atoms with Crippen molar-refractivity contribution in [2.45, 2.75) is 40.5 Å². The Morgan fingerprint density at radius 3 is 2.52 bits per heavy atom. The zero-order valence-corrected chi connectivity index (χ0v) is 15.7. The van der Waals surface area contributed by atoms with E-state index in [9.17, 15) is 4.79 Å². The molecule has 4 nitrogen and oxygen atoms in total. The Hall–Kier alpha value is -2.33. The molecule has 3 aromatic rings. The van der Waals surface area contributed by atoms with Gasteiger partial charge in [0.1, 0.15) is 11.3 Å². The van der Waals surface area contributed by atoms with Crippen LogP contribution in [-0.2, 0) is 6.42 Å². The van der Waals surface area contributed by atoms with Crippen molar-refractivity contribution in [2.24, 2.45) is 0 Å². The number of fused-ring (bicyclic) bond motifs is 1. The Morgan fingerprint density at radius 2 is 1.88 bits per heavy atom. The number of anilines is 1. The number of nitrogens with zero attached hydrogens (tertiary/aromatic N) is 2. The number of rotatable bonds is 4. The number of hydrogen-bond acceptors (Lipinski definition) is 2. The van der Waals surface area contributed by atoms with E-state index in [-0.39, 0.29) is 5.91 Å². The summed E-state index contributed by atoms with van der Waals surface area (Å²) >= 11 is 6.13. The van der Waals surface area contributed by atoms with Gasteiger partial charge in [0, 0.05) is 11.9 Å². The number of carbonyl (C=O) groups is 1. The molecule has 1 N–H and O–H groups in total. The zero-order valence-electron chi connectivity index (χ0n) is 15.0. The van der Waals surface area contributed by atoms with Crippen LogP contribution >= 0.6 is 11.6 Å². The monoisotopic (exact) mass is 355 g/mol. The summed E-state index contributed by atoms with van der Waals surface area (Å²) in [6.45, 7) is 8.15. The van der Waals surface area contributed by atoms with Gasteiger partial charge >= 0.3 is 0 Å². The number of aryl methyl sites for hydroxylation is 4. The summed E-state index contributed by atoms with van der Waals surface area (Å²) in [6, 6.07) is 7.76. The fourth-order valence-corrected chi connectivity index (χ4v) is 3.43. The first-order valence-corrected chi connectivity index (χ1v) is 8.84. The van der Waals surface area contributed by atoms with Crippen molar-refractivity contribution in [1.29, 1.82) is 0 Å². The summed E-state index contributed by atoms with van der Waals surface area (Å²) in [5.41, 5.74) is 6.22. The van der Waals surface area contributed by atoms with Gasteiger partial charge in [0.25, 0.3) is 5.91 Å². The van der Waals surface area contributed by atoms with Gasteiger partial charge in [0.15, 0.2) is 0 Å². The molecule has 3 rings (SSSR count). The van der Waals surface area contributed by atoms with Crippen LogP contribution in [0.1, 0.15) is 46.2 Å². The number of carbonyl (C=O) groups excluding carboxylic acids is 1. The highest BCUT2D eigenvalue weighted by Crippen LogP contribution is 2.24. The van der Waals surface area contributed by atoms with Crippen LogP contribution in [0, 0.1) is 20.8 Å². The lowest BCUT2D eigenvalue weighted by atomic mass is 10.0. The molecule has 0 aliphatic carbocycles. The number of amides is 1. The van der Waals surface area contributed by atoms with E-state index in [0.29, 0.717) is 10.7 Å². The minimum atomic E-state index is -0.159. The van der Waals surface area contributed by atoms with E-state index in [1.54, 1.807) is 16.7 Å². The molecule has 25 heavy (non-hydrogen) atoms. The van der Waals surface area contributed by atoms with Crippen LogP contribution < -0.4 is 5.32 Å². The molecule has 0 atom stereocenters. The fraction of sp³-hybridized carbons (Fsp3) is 0.300. The highest BCUT2D eigenvalue weighted by molar-refractivity contribution is 6.30. The fourth-order valence-electron chi connectivity index (χ4n) is 3.27. The van der Waals surface area contributed by atoms with Gasteiger partial charge in [0.05, 0.1) is 10.7 Å². The van der Waals surface area contributed by atoms with Gasteiger partial charge in [-0.05, 0) is 50.5 Å². The second kappa shape index (κ2) is 6.89. The minimum absolute atomic E-state index is 0.159. The van der Waals surface area contributed by atoms with Gasteiger partial charge in [-0.25, -0.2) is 4.98 Å². The summed E-state index contributed by atoms with van der Waals surface area (Å²) in [5, 5.41) is 3.65. The normalized spacial score (nSPS) is 11.1. The maximum Gasteiger partial charge on any atom is 0.274 e. The predicted molar refractivity (Wildman–Crippen MR) is 103 cm³/mol. The summed E-state index contributed by atoms with van der Waals surface area (Å²) in [5.74, 6) is -0.159. The van der Waals surface area contributed by atoms with Crippen LogP contribution in [0.5, 0.6) is 0 Å². The Bertz CT molecular complexity index is 936. The second-order valence-electron chi connectivity index (χ2n) is 6.46. The summed E-state index contributed by atoms with van der Waals surface area (Å²) in [7, 11) is 0. The maximum atomic E-state index is 13.1.